The molecule has 1 atom stereocenters. The largest absolute Gasteiger partial charge is 0.384 e. The Kier molecular flexibility index (Phi) is 3.31. The van der Waals surface area contributed by atoms with E-state index in [4.69, 9.17) is 11.1 Å². The molecule has 1 aromatic rings. The molecular formula is C13H20N4. The summed E-state index contributed by atoms with van der Waals surface area (Å²) < 4.78 is 0. The average molecular weight is 232 g/mol. The van der Waals surface area contributed by atoms with Gasteiger partial charge in [-0.15, -0.1) is 0 Å². The van der Waals surface area contributed by atoms with Gasteiger partial charge >= 0.3 is 0 Å². The lowest BCUT2D eigenvalue weighted by Crippen LogP contribution is -2.32. The van der Waals surface area contributed by atoms with Crippen LogP contribution in [0.4, 0.5) is 5.82 Å². The summed E-state index contributed by atoms with van der Waals surface area (Å²) in [5, 5.41) is 7.72. The van der Waals surface area contributed by atoms with Gasteiger partial charge in [0.2, 0.25) is 0 Å². The van der Waals surface area contributed by atoms with Gasteiger partial charge in [0.05, 0.1) is 5.56 Å². The van der Waals surface area contributed by atoms with Crippen molar-refractivity contribution in [1.82, 2.24) is 4.98 Å². The summed E-state index contributed by atoms with van der Waals surface area (Å²) >= 11 is 0. The molecule has 1 aromatic heterocycles. The van der Waals surface area contributed by atoms with Gasteiger partial charge in [-0.05, 0) is 37.8 Å². The van der Waals surface area contributed by atoms with Gasteiger partial charge in [-0.25, -0.2) is 4.98 Å². The molecule has 1 saturated heterocycles. The minimum Gasteiger partial charge on any atom is -0.384 e. The van der Waals surface area contributed by atoms with E-state index >= 15 is 0 Å². The SMILES string of the molecule is CCC1CCCN1c1nccc(C)c1C(=N)N. The number of rotatable bonds is 3. The van der Waals surface area contributed by atoms with Crippen LogP contribution in [0.25, 0.3) is 0 Å². The molecule has 0 radical (unpaired) electrons. The van der Waals surface area contributed by atoms with Gasteiger partial charge in [0.1, 0.15) is 11.7 Å². The first-order chi connectivity index (χ1) is 8.15. The van der Waals surface area contributed by atoms with Crippen molar-refractivity contribution < 1.29 is 0 Å². The molecule has 1 aliphatic heterocycles. The second kappa shape index (κ2) is 4.73. The number of nitrogen functional groups attached to an aromatic ring is 1. The van der Waals surface area contributed by atoms with E-state index in [0.717, 1.165) is 29.9 Å². The van der Waals surface area contributed by atoms with Gasteiger partial charge in [0.25, 0.3) is 0 Å². The number of aryl methyl sites for hydroxylation is 1. The zero-order chi connectivity index (χ0) is 12.4. The van der Waals surface area contributed by atoms with Crippen LogP contribution in [0.5, 0.6) is 0 Å². The summed E-state index contributed by atoms with van der Waals surface area (Å²) in [5.74, 6) is 1.01. The first-order valence-corrected chi connectivity index (χ1v) is 6.21. The number of nitrogens with two attached hydrogens (primary N) is 1. The monoisotopic (exact) mass is 232 g/mol. The quantitative estimate of drug-likeness (QED) is 0.619. The van der Waals surface area contributed by atoms with E-state index in [0.29, 0.717) is 6.04 Å². The van der Waals surface area contributed by atoms with Crippen molar-refractivity contribution in [3.63, 3.8) is 0 Å². The third kappa shape index (κ3) is 2.12. The first-order valence-electron chi connectivity index (χ1n) is 6.21. The second-order valence-electron chi connectivity index (χ2n) is 4.64. The van der Waals surface area contributed by atoms with Gasteiger partial charge in [0.15, 0.2) is 0 Å². The van der Waals surface area contributed by atoms with E-state index in [-0.39, 0.29) is 5.84 Å². The van der Waals surface area contributed by atoms with E-state index in [2.05, 4.69) is 16.8 Å². The summed E-state index contributed by atoms with van der Waals surface area (Å²) in [6, 6.07) is 2.46. The normalized spacial score (nSPS) is 19.6. The summed E-state index contributed by atoms with van der Waals surface area (Å²) in [6.07, 6.45) is 5.34. The van der Waals surface area contributed by atoms with Crippen LogP contribution in [0, 0.1) is 12.3 Å². The Balaban J connectivity index is 2.44. The topological polar surface area (TPSA) is 66.0 Å². The highest BCUT2D eigenvalue weighted by Gasteiger charge is 2.27. The van der Waals surface area contributed by atoms with Crippen molar-refractivity contribution in [2.75, 3.05) is 11.4 Å². The second-order valence-corrected chi connectivity index (χ2v) is 4.64. The molecule has 0 saturated carbocycles. The van der Waals surface area contributed by atoms with Crippen LogP contribution >= 0.6 is 0 Å². The lowest BCUT2D eigenvalue weighted by molar-refractivity contribution is 0.640. The lowest BCUT2D eigenvalue weighted by Gasteiger charge is -2.27. The maximum Gasteiger partial charge on any atom is 0.140 e. The first kappa shape index (κ1) is 11.9. The van der Waals surface area contributed by atoms with Gasteiger partial charge in [-0.3, -0.25) is 5.41 Å². The maximum atomic E-state index is 7.72. The average Bonchev–Trinajstić information content (AvgIpc) is 2.75. The maximum absolute atomic E-state index is 7.72. The summed E-state index contributed by atoms with van der Waals surface area (Å²) in [4.78, 5) is 6.76. The van der Waals surface area contributed by atoms with Gasteiger partial charge in [-0.1, -0.05) is 6.92 Å². The number of amidine groups is 1. The minimum atomic E-state index is 0.118. The van der Waals surface area contributed by atoms with Crippen molar-refractivity contribution >= 4 is 11.7 Å². The van der Waals surface area contributed by atoms with Crippen LogP contribution < -0.4 is 10.6 Å². The fourth-order valence-electron chi connectivity index (χ4n) is 2.63. The molecule has 17 heavy (non-hydrogen) atoms. The van der Waals surface area contributed by atoms with E-state index in [9.17, 15) is 0 Å². The Labute approximate surface area is 102 Å². The van der Waals surface area contributed by atoms with Crippen molar-refractivity contribution in [1.29, 1.82) is 5.41 Å². The number of anilines is 1. The van der Waals surface area contributed by atoms with Crippen molar-refractivity contribution in [3.8, 4) is 0 Å². The number of hydrogen-bond acceptors (Lipinski definition) is 3. The molecule has 0 aliphatic carbocycles. The predicted octanol–water partition coefficient (Wildman–Crippen LogP) is 2.05. The summed E-state index contributed by atoms with van der Waals surface area (Å²) in [5.41, 5.74) is 7.52. The number of hydrogen-bond donors (Lipinski definition) is 2. The lowest BCUT2D eigenvalue weighted by atomic mass is 10.1. The molecule has 0 spiro atoms. The molecule has 3 N–H and O–H groups in total. The van der Waals surface area contributed by atoms with Gasteiger partial charge in [0, 0.05) is 18.8 Å². The van der Waals surface area contributed by atoms with Crippen LogP contribution in [0.3, 0.4) is 0 Å². The zero-order valence-electron chi connectivity index (χ0n) is 10.5. The van der Waals surface area contributed by atoms with E-state index in [1.54, 1.807) is 0 Å². The Morgan fingerprint density at radius 1 is 1.65 bits per heavy atom. The molecule has 2 rings (SSSR count). The minimum absolute atomic E-state index is 0.118. The molecule has 2 heterocycles. The van der Waals surface area contributed by atoms with Crippen LogP contribution in [0.1, 0.15) is 37.3 Å². The number of nitrogens with one attached hydrogen (secondary N) is 1. The molecule has 1 unspecified atom stereocenters. The number of aromatic nitrogens is 1. The molecule has 1 aliphatic rings. The van der Waals surface area contributed by atoms with Crippen LogP contribution in [-0.2, 0) is 0 Å². The highest BCUT2D eigenvalue weighted by molar-refractivity contribution is 6.01. The zero-order valence-corrected chi connectivity index (χ0v) is 10.5. The van der Waals surface area contributed by atoms with Crippen molar-refractivity contribution in [2.24, 2.45) is 5.73 Å². The molecule has 1 fully saturated rings. The highest BCUT2D eigenvalue weighted by atomic mass is 15.2. The molecular weight excluding hydrogens is 212 g/mol. The Hall–Kier alpha value is -1.58. The predicted molar refractivity (Wildman–Crippen MR) is 70.6 cm³/mol. The van der Waals surface area contributed by atoms with Gasteiger partial charge < -0.3 is 10.6 Å². The molecule has 0 bridgehead atoms. The van der Waals surface area contributed by atoms with Crippen LogP contribution in [0.2, 0.25) is 0 Å². The molecule has 4 heteroatoms. The standard InChI is InChI=1S/C13H20N4/c1-3-10-5-4-8-17(10)13-11(12(14)15)9(2)6-7-16-13/h6-7,10H,3-5,8H2,1-2H3,(H3,14,15). The Morgan fingerprint density at radius 3 is 3.06 bits per heavy atom. The number of nitrogens with zero attached hydrogens (tertiary/aromatic N) is 2. The van der Waals surface area contributed by atoms with Crippen molar-refractivity contribution in [3.05, 3.63) is 23.4 Å². The van der Waals surface area contributed by atoms with E-state index in [1.807, 2.05) is 19.2 Å². The molecule has 0 aromatic carbocycles. The summed E-state index contributed by atoms with van der Waals surface area (Å²) in [6.45, 7) is 5.21. The molecule has 92 valence electrons. The highest BCUT2D eigenvalue weighted by Crippen LogP contribution is 2.29. The molecule has 4 nitrogen and oxygen atoms in total. The smallest absolute Gasteiger partial charge is 0.140 e. The fourth-order valence-corrected chi connectivity index (χ4v) is 2.63. The Morgan fingerprint density at radius 2 is 2.41 bits per heavy atom. The Bertz CT molecular complexity index is 427. The fraction of sp³-hybridized carbons (Fsp3) is 0.538. The van der Waals surface area contributed by atoms with E-state index < -0.39 is 0 Å². The van der Waals surface area contributed by atoms with Crippen LogP contribution in [0.15, 0.2) is 12.3 Å². The van der Waals surface area contributed by atoms with E-state index in [1.165, 1.54) is 12.8 Å². The third-order valence-electron chi connectivity index (χ3n) is 3.53. The van der Waals surface area contributed by atoms with Gasteiger partial charge in [-0.2, -0.15) is 0 Å². The third-order valence-corrected chi connectivity index (χ3v) is 3.53. The summed E-state index contributed by atoms with van der Waals surface area (Å²) in [7, 11) is 0. The molecule has 0 amide bonds. The number of pyridine rings is 1. The van der Waals surface area contributed by atoms with Crippen molar-refractivity contribution in [2.45, 2.75) is 39.2 Å². The van der Waals surface area contributed by atoms with Crippen LogP contribution in [-0.4, -0.2) is 23.4 Å².